The Morgan fingerprint density at radius 1 is 1.00 bits per heavy atom. The minimum Gasteiger partial charge on any atom is -0.367 e. The van der Waals surface area contributed by atoms with Gasteiger partial charge in [-0.25, -0.2) is 0 Å². The molecule has 0 aromatic carbocycles. The van der Waals surface area contributed by atoms with Crippen molar-refractivity contribution in [1.29, 1.82) is 0 Å². The zero-order chi connectivity index (χ0) is 9.28. The molecule has 0 amide bonds. The molecule has 0 aliphatic carbocycles. The molecule has 0 saturated heterocycles. The van der Waals surface area contributed by atoms with Gasteiger partial charge in [-0.2, -0.15) is 0 Å². The number of aliphatic hydroxyl groups is 1. The number of aliphatic hydroxyl groups excluding tert-OH is 1. The minimum atomic E-state index is -0.692. The quantitative estimate of drug-likeness (QED) is 0.596. The van der Waals surface area contributed by atoms with Crippen LogP contribution < -0.4 is 0 Å². The molecule has 1 atom stereocenters. The summed E-state index contributed by atoms with van der Waals surface area (Å²) >= 11 is 0. The summed E-state index contributed by atoms with van der Waals surface area (Å²) < 4.78 is 5.36. The van der Waals surface area contributed by atoms with Gasteiger partial charge in [0.2, 0.25) is 0 Å². The molecule has 68 valence electrons. The normalized spacial score (nSPS) is 16.6. The summed E-state index contributed by atoms with van der Waals surface area (Å²) in [5.41, 5.74) is -0.472. The van der Waals surface area contributed by atoms with E-state index in [2.05, 4.69) is 0 Å². The van der Waals surface area contributed by atoms with E-state index >= 15 is 0 Å². The summed E-state index contributed by atoms with van der Waals surface area (Å²) in [6, 6.07) is 0. The van der Waals surface area contributed by atoms with Gasteiger partial charge in [0, 0.05) is 5.41 Å². The maximum atomic E-state index is 9.50. The van der Waals surface area contributed by atoms with Gasteiger partial charge < -0.3 is 9.84 Å². The Kier molecular flexibility index (Phi) is 3.09. The molecule has 2 heteroatoms. The lowest BCUT2D eigenvalue weighted by Crippen LogP contribution is -2.36. The number of hydrogen-bond donors (Lipinski definition) is 1. The molecular weight excluding hydrogens is 140 g/mol. The molecular formula is C9H20O2. The van der Waals surface area contributed by atoms with Crippen molar-refractivity contribution in [3.05, 3.63) is 0 Å². The molecule has 0 rings (SSSR count). The highest BCUT2D eigenvalue weighted by Crippen LogP contribution is 2.24. The molecule has 0 aromatic rings. The van der Waals surface area contributed by atoms with Crippen molar-refractivity contribution < 1.29 is 9.84 Å². The lowest BCUT2D eigenvalue weighted by atomic mass is 9.95. The molecule has 0 aliphatic heterocycles. The van der Waals surface area contributed by atoms with E-state index in [0.717, 1.165) is 0 Å². The van der Waals surface area contributed by atoms with Crippen molar-refractivity contribution in [2.45, 2.75) is 53.4 Å². The van der Waals surface area contributed by atoms with Crippen LogP contribution in [0.1, 0.15) is 41.5 Å². The van der Waals surface area contributed by atoms with Crippen molar-refractivity contribution in [2.24, 2.45) is 5.41 Å². The van der Waals surface area contributed by atoms with Crippen molar-refractivity contribution in [2.75, 3.05) is 0 Å². The smallest absolute Gasteiger partial charge is 0.160 e. The van der Waals surface area contributed by atoms with E-state index in [1.54, 1.807) is 0 Å². The molecule has 0 bridgehead atoms. The van der Waals surface area contributed by atoms with Crippen LogP contribution in [0.2, 0.25) is 0 Å². The summed E-state index contributed by atoms with van der Waals surface area (Å²) in [6.45, 7) is 11.6. The monoisotopic (exact) mass is 160 g/mol. The van der Waals surface area contributed by atoms with Gasteiger partial charge in [-0.05, 0) is 20.8 Å². The molecule has 1 unspecified atom stereocenters. The SMILES string of the molecule is CC(C)(C)OC(O)C(C)(C)C. The third kappa shape index (κ3) is 5.22. The number of ether oxygens (including phenoxy) is 1. The molecule has 0 aromatic heterocycles. The van der Waals surface area contributed by atoms with Crippen molar-refractivity contribution in [3.8, 4) is 0 Å². The first-order valence-electron chi connectivity index (χ1n) is 3.99. The van der Waals surface area contributed by atoms with Gasteiger partial charge >= 0.3 is 0 Å². The lowest BCUT2D eigenvalue weighted by molar-refractivity contribution is -0.211. The molecule has 0 saturated carbocycles. The Bertz CT molecular complexity index is 117. The number of rotatable bonds is 1. The Balaban J connectivity index is 3.99. The van der Waals surface area contributed by atoms with Gasteiger partial charge in [-0.15, -0.1) is 0 Å². The fraction of sp³-hybridized carbons (Fsp3) is 1.00. The highest BCUT2D eigenvalue weighted by atomic mass is 16.6. The van der Waals surface area contributed by atoms with Crippen molar-refractivity contribution in [1.82, 2.24) is 0 Å². The molecule has 11 heavy (non-hydrogen) atoms. The van der Waals surface area contributed by atoms with Crippen LogP contribution in [0.4, 0.5) is 0 Å². The van der Waals surface area contributed by atoms with Gasteiger partial charge in [0.1, 0.15) is 0 Å². The first kappa shape index (κ1) is 10.9. The summed E-state index contributed by atoms with van der Waals surface area (Å²) in [7, 11) is 0. The Morgan fingerprint density at radius 3 is 1.45 bits per heavy atom. The van der Waals surface area contributed by atoms with E-state index in [4.69, 9.17) is 4.74 Å². The Labute approximate surface area is 69.6 Å². The molecule has 0 radical (unpaired) electrons. The maximum absolute atomic E-state index is 9.50. The molecule has 0 spiro atoms. The minimum absolute atomic E-state index is 0.201. The fourth-order valence-corrected chi connectivity index (χ4v) is 0.512. The lowest BCUT2D eigenvalue weighted by Gasteiger charge is -2.32. The van der Waals surface area contributed by atoms with E-state index < -0.39 is 6.29 Å². The highest BCUT2D eigenvalue weighted by molar-refractivity contribution is 4.69. The van der Waals surface area contributed by atoms with Crippen molar-refractivity contribution >= 4 is 0 Å². The topological polar surface area (TPSA) is 29.5 Å². The highest BCUT2D eigenvalue weighted by Gasteiger charge is 2.27. The average Bonchev–Trinajstić information content (AvgIpc) is 1.56. The third-order valence-electron chi connectivity index (χ3n) is 1.21. The van der Waals surface area contributed by atoms with E-state index in [0.29, 0.717) is 0 Å². The van der Waals surface area contributed by atoms with Crippen LogP contribution in [0, 0.1) is 5.41 Å². The first-order chi connectivity index (χ1) is 4.63. The van der Waals surface area contributed by atoms with E-state index in [9.17, 15) is 5.11 Å². The van der Waals surface area contributed by atoms with Gasteiger partial charge in [-0.3, -0.25) is 0 Å². The second-order valence-electron chi connectivity index (χ2n) is 4.95. The molecule has 0 fully saturated rings. The van der Waals surface area contributed by atoms with Gasteiger partial charge in [0.05, 0.1) is 5.60 Å². The average molecular weight is 160 g/mol. The fourth-order valence-electron chi connectivity index (χ4n) is 0.512. The standard InChI is InChI=1S/C9H20O2/c1-8(2,3)7(10)11-9(4,5)6/h7,10H,1-6H3. The molecule has 2 nitrogen and oxygen atoms in total. The van der Waals surface area contributed by atoms with Crippen LogP contribution in [-0.4, -0.2) is 17.0 Å². The second kappa shape index (κ2) is 3.11. The van der Waals surface area contributed by atoms with Crippen molar-refractivity contribution in [3.63, 3.8) is 0 Å². The maximum Gasteiger partial charge on any atom is 0.160 e. The van der Waals surface area contributed by atoms with E-state index in [1.165, 1.54) is 0 Å². The van der Waals surface area contributed by atoms with Crippen LogP contribution in [0.25, 0.3) is 0 Å². The third-order valence-corrected chi connectivity index (χ3v) is 1.21. The summed E-state index contributed by atoms with van der Waals surface area (Å²) in [5, 5.41) is 9.50. The van der Waals surface area contributed by atoms with Gasteiger partial charge in [0.15, 0.2) is 6.29 Å². The second-order valence-corrected chi connectivity index (χ2v) is 4.95. The van der Waals surface area contributed by atoms with Crippen LogP contribution in [-0.2, 0) is 4.74 Å². The molecule has 0 aliphatic rings. The summed E-state index contributed by atoms with van der Waals surface area (Å²) in [4.78, 5) is 0. The van der Waals surface area contributed by atoms with Crippen LogP contribution in [0.3, 0.4) is 0 Å². The van der Waals surface area contributed by atoms with E-state index in [-0.39, 0.29) is 11.0 Å². The van der Waals surface area contributed by atoms with Crippen LogP contribution in [0.5, 0.6) is 0 Å². The molecule has 1 N–H and O–H groups in total. The van der Waals surface area contributed by atoms with Gasteiger partial charge in [-0.1, -0.05) is 20.8 Å². The number of hydrogen-bond acceptors (Lipinski definition) is 2. The first-order valence-corrected chi connectivity index (χ1v) is 3.99. The van der Waals surface area contributed by atoms with E-state index in [1.807, 2.05) is 41.5 Å². The summed E-state index contributed by atoms with van der Waals surface area (Å²) in [5.74, 6) is 0. The summed E-state index contributed by atoms with van der Waals surface area (Å²) in [6.07, 6.45) is -0.692. The predicted molar refractivity (Wildman–Crippen MR) is 46.3 cm³/mol. The van der Waals surface area contributed by atoms with Gasteiger partial charge in [0.25, 0.3) is 0 Å². The molecule has 0 heterocycles. The Morgan fingerprint density at radius 2 is 1.36 bits per heavy atom. The van der Waals surface area contributed by atoms with Crippen LogP contribution in [0.15, 0.2) is 0 Å². The predicted octanol–water partition coefficient (Wildman–Crippen LogP) is 2.17. The zero-order valence-corrected chi connectivity index (χ0v) is 8.43. The Hall–Kier alpha value is -0.0800. The zero-order valence-electron chi connectivity index (χ0n) is 8.43. The van der Waals surface area contributed by atoms with Crippen LogP contribution >= 0.6 is 0 Å². The largest absolute Gasteiger partial charge is 0.367 e.